The lowest BCUT2D eigenvalue weighted by molar-refractivity contribution is 0.143. The fraction of sp³-hybridized carbons (Fsp3) is 0.300. The molecule has 0 spiro atoms. The van der Waals surface area contributed by atoms with E-state index in [2.05, 4.69) is 4.98 Å². The van der Waals surface area contributed by atoms with E-state index >= 15 is 0 Å². The van der Waals surface area contributed by atoms with Crippen molar-refractivity contribution in [2.24, 2.45) is 0 Å². The first-order valence-electron chi connectivity index (χ1n) is 4.45. The van der Waals surface area contributed by atoms with Gasteiger partial charge in [-0.3, -0.25) is 4.40 Å². The molecular weight excluding hydrogens is 180 g/mol. The third-order valence-electron chi connectivity index (χ3n) is 1.93. The molecule has 0 aliphatic heterocycles. The fourth-order valence-electron chi connectivity index (χ4n) is 1.27. The Hall–Kier alpha value is -1.55. The van der Waals surface area contributed by atoms with Gasteiger partial charge in [-0.1, -0.05) is 6.07 Å². The van der Waals surface area contributed by atoms with Crippen LogP contribution in [-0.4, -0.2) is 29.7 Å². The van der Waals surface area contributed by atoms with Crippen molar-refractivity contribution in [2.45, 2.75) is 0 Å². The maximum Gasteiger partial charge on any atom is 0.199 e. The van der Waals surface area contributed by atoms with Crippen molar-refractivity contribution >= 4 is 5.65 Å². The molecule has 0 amide bonds. The molecule has 0 radical (unpaired) electrons. The molecule has 0 aliphatic carbocycles. The maximum absolute atomic E-state index is 5.52. The monoisotopic (exact) mass is 192 g/mol. The van der Waals surface area contributed by atoms with Crippen LogP contribution < -0.4 is 4.74 Å². The first-order valence-corrected chi connectivity index (χ1v) is 4.45. The minimum atomic E-state index is 0.549. The van der Waals surface area contributed by atoms with Gasteiger partial charge in [0.1, 0.15) is 12.3 Å². The Morgan fingerprint density at radius 2 is 2.29 bits per heavy atom. The van der Waals surface area contributed by atoms with Crippen LogP contribution in [0.25, 0.3) is 5.65 Å². The van der Waals surface area contributed by atoms with Crippen LogP contribution in [0.3, 0.4) is 0 Å². The molecule has 4 nitrogen and oxygen atoms in total. The molecule has 0 aliphatic rings. The number of hydrogen-bond donors (Lipinski definition) is 0. The highest BCUT2D eigenvalue weighted by molar-refractivity contribution is 5.41. The van der Waals surface area contributed by atoms with E-state index in [4.69, 9.17) is 9.47 Å². The lowest BCUT2D eigenvalue weighted by Crippen LogP contribution is -2.06. The zero-order valence-corrected chi connectivity index (χ0v) is 8.01. The van der Waals surface area contributed by atoms with Crippen molar-refractivity contribution in [3.8, 4) is 5.88 Å². The molecular formula is C10H12N2O2. The number of nitrogens with zero attached hydrogens (tertiary/aromatic N) is 2. The molecule has 0 N–H and O–H groups in total. The molecule has 0 saturated carbocycles. The van der Waals surface area contributed by atoms with Crippen molar-refractivity contribution in [3.63, 3.8) is 0 Å². The minimum absolute atomic E-state index is 0.549. The molecule has 0 unspecified atom stereocenters. The molecule has 4 heteroatoms. The normalized spacial score (nSPS) is 10.6. The predicted molar refractivity (Wildman–Crippen MR) is 52.6 cm³/mol. The summed E-state index contributed by atoms with van der Waals surface area (Å²) in [6.45, 7) is 1.14. The second-order valence-electron chi connectivity index (χ2n) is 2.86. The zero-order valence-electron chi connectivity index (χ0n) is 8.01. The van der Waals surface area contributed by atoms with Crippen LogP contribution in [0.2, 0.25) is 0 Å². The number of fused-ring (bicyclic) bond motifs is 1. The van der Waals surface area contributed by atoms with Crippen LogP contribution in [0, 0.1) is 0 Å². The largest absolute Gasteiger partial charge is 0.476 e. The smallest absolute Gasteiger partial charge is 0.199 e. The summed E-state index contributed by atoms with van der Waals surface area (Å²) in [6, 6.07) is 5.76. The van der Waals surface area contributed by atoms with Crippen LogP contribution in [0.1, 0.15) is 0 Å². The van der Waals surface area contributed by atoms with Crippen LogP contribution in [0.4, 0.5) is 0 Å². The predicted octanol–water partition coefficient (Wildman–Crippen LogP) is 1.36. The summed E-state index contributed by atoms with van der Waals surface area (Å²) in [4.78, 5) is 4.16. The molecule has 2 heterocycles. The number of ether oxygens (including phenoxy) is 2. The van der Waals surface area contributed by atoms with Crippen molar-refractivity contribution in [1.82, 2.24) is 9.38 Å². The van der Waals surface area contributed by atoms with Gasteiger partial charge in [-0.15, -0.1) is 0 Å². The van der Waals surface area contributed by atoms with Gasteiger partial charge in [-0.05, 0) is 12.1 Å². The fourth-order valence-corrected chi connectivity index (χ4v) is 1.27. The summed E-state index contributed by atoms with van der Waals surface area (Å²) in [5.41, 5.74) is 0.889. The average Bonchev–Trinajstić information content (AvgIpc) is 2.67. The Kier molecular flexibility index (Phi) is 2.65. The number of aromatic nitrogens is 2. The zero-order chi connectivity index (χ0) is 9.80. The van der Waals surface area contributed by atoms with E-state index in [0.29, 0.717) is 13.2 Å². The molecule has 14 heavy (non-hydrogen) atoms. The van der Waals surface area contributed by atoms with E-state index in [0.717, 1.165) is 11.5 Å². The quantitative estimate of drug-likeness (QED) is 0.686. The Labute approximate surface area is 82.1 Å². The Balaban J connectivity index is 2.19. The minimum Gasteiger partial charge on any atom is -0.476 e. The first-order chi connectivity index (χ1) is 6.92. The van der Waals surface area contributed by atoms with Crippen molar-refractivity contribution in [3.05, 3.63) is 30.6 Å². The highest BCUT2D eigenvalue weighted by atomic mass is 16.5. The molecule has 0 fully saturated rings. The number of hydrogen-bond acceptors (Lipinski definition) is 3. The molecule has 74 valence electrons. The second-order valence-corrected chi connectivity index (χ2v) is 2.86. The molecule has 0 atom stereocenters. The van der Waals surface area contributed by atoms with Gasteiger partial charge >= 0.3 is 0 Å². The average molecular weight is 192 g/mol. The SMILES string of the molecule is COCCOc1cccc2nccn12. The summed E-state index contributed by atoms with van der Waals surface area (Å²) in [6.07, 6.45) is 3.62. The van der Waals surface area contributed by atoms with Gasteiger partial charge < -0.3 is 9.47 Å². The molecule has 2 aromatic rings. The van der Waals surface area contributed by atoms with E-state index in [1.165, 1.54) is 0 Å². The summed E-state index contributed by atoms with van der Waals surface area (Å²) < 4.78 is 12.3. The number of imidazole rings is 1. The number of rotatable bonds is 4. The van der Waals surface area contributed by atoms with Gasteiger partial charge in [0.2, 0.25) is 0 Å². The van der Waals surface area contributed by atoms with Gasteiger partial charge in [-0.25, -0.2) is 4.98 Å². The Morgan fingerprint density at radius 1 is 1.36 bits per heavy atom. The van der Waals surface area contributed by atoms with Gasteiger partial charge in [0, 0.05) is 19.5 Å². The van der Waals surface area contributed by atoms with E-state index in [9.17, 15) is 0 Å². The third kappa shape index (κ3) is 1.70. The summed E-state index contributed by atoms with van der Waals surface area (Å²) in [5, 5.41) is 0. The summed E-state index contributed by atoms with van der Waals surface area (Å²) in [7, 11) is 1.65. The molecule has 2 aromatic heterocycles. The standard InChI is InChI=1S/C10H12N2O2/c1-13-7-8-14-10-4-2-3-9-11-5-6-12(9)10/h2-6H,7-8H2,1H3. The van der Waals surface area contributed by atoms with Crippen LogP contribution in [-0.2, 0) is 4.74 Å². The van der Waals surface area contributed by atoms with E-state index in [1.807, 2.05) is 28.8 Å². The highest BCUT2D eigenvalue weighted by Gasteiger charge is 1.99. The molecule has 2 rings (SSSR count). The third-order valence-corrected chi connectivity index (χ3v) is 1.93. The van der Waals surface area contributed by atoms with Gasteiger partial charge in [-0.2, -0.15) is 0 Å². The van der Waals surface area contributed by atoms with Gasteiger partial charge in [0.25, 0.3) is 0 Å². The maximum atomic E-state index is 5.52. The lowest BCUT2D eigenvalue weighted by Gasteiger charge is -2.06. The summed E-state index contributed by atoms with van der Waals surface area (Å²) in [5.74, 6) is 0.789. The Morgan fingerprint density at radius 3 is 3.14 bits per heavy atom. The molecule has 0 aromatic carbocycles. The van der Waals surface area contributed by atoms with Crippen molar-refractivity contribution in [1.29, 1.82) is 0 Å². The van der Waals surface area contributed by atoms with E-state index in [-0.39, 0.29) is 0 Å². The van der Waals surface area contributed by atoms with E-state index < -0.39 is 0 Å². The van der Waals surface area contributed by atoms with Gasteiger partial charge in [0.05, 0.1) is 6.61 Å². The van der Waals surface area contributed by atoms with E-state index in [1.54, 1.807) is 13.3 Å². The van der Waals surface area contributed by atoms with Crippen LogP contribution in [0.15, 0.2) is 30.6 Å². The second kappa shape index (κ2) is 4.11. The Bertz CT molecular complexity index is 411. The van der Waals surface area contributed by atoms with Crippen molar-refractivity contribution < 1.29 is 9.47 Å². The van der Waals surface area contributed by atoms with Crippen LogP contribution >= 0.6 is 0 Å². The van der Waals surface area contributed by atoms with Gasteiger partial charge in [0.15, 0.2) is 5.88 Å². The molecule has 0 saturated heterocycles. The number of pyridine rings is 1. The first kappa shape index (κ1) is 9.02. The topological polar surface area (TPSA) is 35.8 Å². The van der Waals surface area contributed by atoms with Crippen LogP contribution in [0.5, 0.6) is 5.88 Å². The van der Waals surface area contributed by atoms with Crippen molar-refractivity contribution in [2.75, 3.05) is 20.3 Å². The summed E-state index contributed by atoms with van der Waals surface area (Å²) >= 11 is 0. The molecule has 0 bridgehead atoms. The number of methoxy groups -OCH3 is 1. The highest BCUT2D eigenvalue weighted by Crippen LogP contribution is 2.12. The lowest BCUT2D eigenvalue weighted by atomic mass is 10.4.